The molecule has 0 aliphatic rings. The summed E-state index contributed by atoms with van der Waals surface area (Å²) >= 11 is 0. The van der Waals surface area contributed by atoms with Gasteiger partial charge in [0.1, 0.15) is 5.75 Å². The van der Waals surface area contributed by atoms with E-state index in [0.29, 0.717) is 12.3 Å². The minimum absolute atomic E-state index is 0.131. The van der Waals surface area contributed by atoms with Gasteiger partial charge in [-0.2, -0.15) is 18.3 Å². The zero-order chi connectivity index (χ0) is 15.5. The van der Waals surface area contributed by atoms with Gasteiger partial charge in [-0.05, 0) is 32.2 Å². The molecule has 4 nitrogen and oxygen atoms in total. The van der Waals surface area contributed by atoms with Crippen molar-refractivity contribution in [3.05, 3.63) is 42.2 Å². The summed E-state index contributed by atoms with van der Waals surface area (Å²) < 4.78 is 44.9. The third-order valence-electron chi connectivity index (χ3n) is 2.96. The van der Waals surface area contributed by atoms with Crippen molar-refractivity contribution in [3.8, 4) is 11.5 Å². The number of hydrogen-bond donors (Lipinski definition) is 1. The molecule has 1 N–H and O–H groups in total. The normalized spacial score (nSPS) is 13.2. The Hall–Kier alpha value is -2.02. The molecule has 1 atom stereocenters. The number of nitrogens with zero attached hydrogens (tertiary/aromatic N) is 2. The van der Waals surface area contributed by atoms with Gasteiger partial charge < -0.3 is 10.1 Å². The zero-order valence-corrected chi connectivity index (χ0v) is 11.7. The van der Waals surface area contributed by atoms with Crippen LogP contribution in [0.1, 0.15) is 12.5 Å². The lowest BCUT2D eigenvalue weighted by Gasteiger charge is -2.09. The van der Waals surface area contributed by atoms with Crippen molar-refractivity contribution in [2.45, 2.75) is 25.7 Å². The Bertz CT molecular complexity index is 595. The van der Waals surface area contributed by atoms with Gasteiger partial charge in [0.25, 0.3) is 0 Å². The van der Waals surface area contributed by atoms with Crippen molar-refractivity contribution in [1.82, 2.24) is 15.1 Å². The molecule has 114 valence electrons. The maximum absolute atomic E-state index is 12.6. The summed E-state index contributed by atoms with van der Waals surface area (Å²) in [6.45, 7) is 2.64. The number of aromatic nitrogens is 2. The molecule has 0 amide bonds. The number of nitrogens with one attached hydrogen (secondary N) is 1. The highest BCUT2D eigenvalue weighted by atomic mass is 19.4. The highest BCUT2D eigenvalue weighted by Gasteiger charge is 2.30. The number of ether oxygens (including phenoxy) is 1. The van der Waals surface area contributed by atoms with Crippen LogP contribution in [0.5, 0.6) is 11.5 Å². The summed E-state index contributed by atoms with van der Waals surface area (Å²) in [6, 6.07) is 4.98. The molecular formula is C14H16F3N3O. The molecule has 0 saturated carbocycles. The van der Waals surface area contributed by atoms with Crippen LogP contribution in [0.3, 0.4) is 0 Å². The molecule has 7 heteroatoms. The summed E-state index contributed by atoms with van der Waals surface area (Å²) in [6.07, 6.45) is -1.26. The highest BCUT2D eigenvalue weighted by Crippen LogP contribution is 2.32. The van der Waals surface area contributed by atoms with Crippen LogP contribution in [0.15, 0.2) is 36.7 Å². The molecule has 0 aliphatic heterocycles. The molecule has 0 aliphatic carbocycles. The molecule has 0 spiro atoms. The Morgan fingerprint density at radius 3 is 2.76 bits per heavy atom. The quantitative estimate of drug-likeness (QED) is 0.920. The van der Waals surface area contributed by atoms with E-state index in [1.165, 1.54) is 18.3 Å². The number of rotatable bonds is 5. The molecule has 2 rings (SSSR count). The maximum atomic E-state index is 12.6. The predicted octanol–water partition coefficient (Wildman–Crippen LogP) is 3.30. The van der Waals surface area contributed by atoms with Crippen LogP contribution in [0.25, 0.3) is 0 Å². The van der Waals surface area contributed by atoms with E-state index in [1.54, 1.807) is 10.9 Å². The SMILES string of the molecule is CNC(C)Cn1cc(Oc2cccc(C(F)(F)F)c2)cn1. The number of halogens is 3. The van der Waals surface area contributed by atoms with Crippen LogP contribution in [0, 0.1) is 0 Å². The Balaban J connectivity index is 2.08. The molecule has 21 heavy (non-hydrogen) atoms. The third-order valence-corrected chi connectivity index (χ3v) is 2.96. The summed E-state index contributed by atoms with van der Waals surface area (Å²) in [5.74, 6) is 0.531. The van der Waals surface area contributed by atoms with Gasteiger partial charge in [-0.1, -0.05) is 6.07 Å². The molecule has 0 bridgehead atoms. The molecule has 1 aromatic carbocycles. The fraction of sp³-hybridized carbons (Fsp3) is 0.357. The van der Waals surface area contributed by atoms with Crippen LogP contribution in [-0.2, 0) is 12.7 Å². The van der Waals surface area contributed by atoms with Crippen LogP contribution < -0.4 is 10.1 Å². The molecule has 0 fully saturated rings. The van der Waals surface area contributed by atoms with Crippen molar-refractivity contribution >= 4 is 0 Å². The van der Waals surface area contributed by atoms with E-state index in [2.05, 4.69) is 10.4 Å². The number of alkyl halides is 3. The Kier molecular flexibility index (Phi) is 4.52. The average Bonchev–Trinajstić information content (AvgIpc) is 2.85. The van der Waals surface area contributed by atoms with E-state index < -0.39 is 11.7 Å². The van der Waals surface area contributed by atoms with Gasteiger partial charge in [-0.15, -0.1) is 0 Å². The Morgan fingerprint density at radius 1 is 1.33 bits per heavy atom. The largest absolute Gasteiger partial charge is 0.454 e. The number of hydrogen-bond acceptors (Lipinski definition) is 3. The van der Waals surface area contributed by atoms with Gasteiger partial charge in [-0.3, -0.25) is 4.68 Å². The van der Waals surface area contributed by atoms with Crippen LogP contribution in [-0.4, -0.2) is 22.9 Å². The van der Waals surface area contributed by atoms with E-state index in [9.17, 15) is 13.2 Å². The second kappa shape index (κ2) is 6.17. The first-order valence-electron chi connectivity index (χ1n) is 6.43. The smallest absolute Gasteiger partial charge is 0.416 e. The summed E-state index contributed by atoms with van der Waals surface area (Å²) in [4.78, 5) is 0. The minimum Gasteiger partial charge on any atom is -0.454 e. The lowest BCUT2D eigenvalue weighted by atomic mass is 10.2. The van der Waals surface area contributed by atoms with Crippen LogP contribution in [0.4, 0.5) is 13.2 Å². The second-order valence-electron chi connectivity index (χ2n) is 4.72. The first kappa shape index (κ1) is 15.4. The van der Waals surface area contributed by atoms with E-state index in [-0.39, 0.29) is 11.8 Å². The fourth-order valence-corrected chi connectivity index (χ4v) is 1.74. The molecule has 1 unspecified atom stereocenters. The number of benzene rings is 1. The van der Waals surface area contributed by atoms with Gasteiger partial charge >= 0.3 is 6.18 Å². The number of likely N-dealkylation sites (N-methyl/N-ethyl adjacent to an activating group) is 1. The van der Waals surface area contributed by atoms with Crippen LogP contribution >= 0.6 is 0 Å². The third kappa shape index (κ3) is 4.22. The van der Waals surface area contributed by atoms with Gasteiger partial charge in [0.15, 0.2) is 5.75 Å². The highest BCUT2D eigenvalue weighted by molar-refractivity contribution is 5.33. The summed E-state index contributed by atoms with van der Waals surface area (Å²) in [5.41, 5.74) is -0.740. The van der Waals surface area contributed by atoms with Crippen molar-refractivity contribution in [2.75, 3.05) is 7.05 Å². The van der Waals surface area contributed by atoms with Crippen LogP contribution in [0.2, 0.25) is 0 Å². The molecule has 0 saturated heterocycles. The summed E-state index contributed by atoms with van der Waals surface area (Å²) in [7, 11) is 1.84. The average molecular weight is 299 g/mol. The zero-order valence-electron chi connectivity index (χ0n) is 11.7. The topological polar surface area (TPSA) is 39.1 Å². The van der Waals surface area contributed by atoms with Crippen molar-refractivity contribution in [2.24, 2.45) is 0 Å². The van der Waals surface area contributed by atoms with Gasteiger partial charge in [0.2, 0.25) is 0 Å². The lowest BCUT2D eigenvalue weighted by Crippen LogP contribution is -2.26. The molecule has 1 aromatic heterocycles. The maximum Gasteiger partial charge on any atom is 0.416 e. The summed E-state index contributed by atoms with van der Waals surface area (Å²) in [5, 5.41) is 7.17. The molecule has 0 radical (unpaired) electrons. The first-order chi connectivity index (χ1) is 9.88. The standard InChI is InChI=1S/C14H16F3N3O/c1-10(18-2)8-20-9-13(7-19-20)21-12-5-3-4-11(6-12)14(15,16)17/h3-7,9-10,18H,8H2,1-2H3. The second-order valence-corrected chi connectivity index (χ2v) is 4.72. The van der Waals surface area contributed by atoms with Crippen molar-refractivity contribution in [3.63, 3.8) is 0 Å². The van der Waals surface area contributed by atoms with E-state index in [0.717, 1.165) is 12.1 Å². The molecule has 2 aromatic rings. The van der Waals surface area contributed by atoms with E-state index in [1.807, 2.05) is 14.0 Å². The lowest BCUT2D eigenvalue weighted by molar-refractivity contribution is -0.137. The van der Waals surface area contributed by atoms with E-state index >= 15 is 0 Å². The monoisotopic (exact) mass is 299 g/mol. The van der Waals surface area contributed by atoms with Crippen molar-refractivity contribution in [1.29, 1.82) is 0 Å². The van der Waals surface area contributed by atoms with Gasteiger partial charge in [0, 0.05) is 6.04 Å². The van der Waals surface area contributed by atoms with Gasteiger partial charge in [0.05, 0.1) is 24.5 Å². The fourth-order valence-electron chi connectivity index (χ4n) is 1.74. The minimum atomic E-state index is -4.38. The van der Waals surface area contributed by atoms with Crippen molar-refractivity contribution < 1.29 is 17.9 Å². The van der Waals surface area contributed by atoms with Gasteiger partial charge in [-0.25, -0.2) is 0 Å². The Morgan fingerprint density at radius 2 is 2.10 bits per heavy atom. The molecular weight excluding hydrogens is 283 g/mol. The first-order valence-corrected chi connectivity index (χ1v) is 6.43. The Labute approximate surface area is 120 Å². The predicted molar refractivity (Wildman–Crippen MR) is 72.3 cm³/mol. The molecule has 1 heterocycles. The van der Waals surface area contributed by atoms with E-state index in [4.69, 9.17) is 4.74 Å².